The number of phenols is 1. The summed E-state index contributed by atoms with van der Waals surface area (Å²) >= 11 is 5.75. The fourth-order valence-corrected chi connectivity index (χ4v) is 4.27. The second-order valence-electron chi connectivity index (χ2n) is 7.02. The zero-order valence-electron chi connectivity index (χ0n) is 16.0. The number of pyridine rings is 2. The van der Waals surface area contributed by atoms with E-state index in [0.717, 1.165) is 22.8 Å². The molecule has 30 heavy (non-hydrogen) atoms. The van der Waals surface area contributed by atoms with Gasteiger partial charge in [-0.1, -0.05) is 6.07 Å². The van der Waals surface area contributed by atoms with Crippen LogP contribution in [0.1, 0.15) is 23.5 Å². The Kier molecular flexibility index (Phi) is 4.65. The third kappa shape index (κ3) is 3.19. The van der Waals surface area contributed by atoms with E-state index in [9.17, 15) is 5.11 Å². The fraction of sp³-hybridized carbons (Fsp3) is 0.0870. The molecule has 0 aliphatic carbocycles. The first-order chi connectivity index (χ1) is 14.7. The van der Waals surface area contributed by atoms with Gasteiger partial charge in [0.1, 0.15) is 11.8 Å². The Labute approximate surface area is 179 Å². The average Bonchev–Trinajstić information content (AvgIpc) is 3.40. The van der Waals surface area contributed by atoms with Gasteiger partial charge in [0, 0.05) is 41.9 Å². The fourth-order valence-electron chi connectivity index (χ4n) is 3.92. The van der Waals surface area contributed by atoms with Gasteiger partial charge in [0.25, 0.3) is 0 Å². The Morgan fingerprint density at radius 1 is 0.867 bits per heavy atom. The molecule has 4 heterocycles. The molecule has 148 valence electrons. The molecule has 7 heteroatoms. The summed E-state index contributed by atoms with van der Waals surface area (Å²) in [4.78, 5) is 10.8. The second kappa shape index (κ2) is 7.61. The van der Waals surface area contributed by atoms with Gasteiger partial charge in [0.2, 0.25) is 0 Å². The molecule has 4 aromatic rings. The predicted octanol–water partition coefficient (Wildman–Crippen LogP) is 4.15. The third-order valence-corrected chi connectivity index (χ3v) is 5.56. The number of aromatic hydroxyl groups is 1. The van der Waals surface area contributed by atoms with Crippen LogP contribution >= 0.6 is 12.2 Å². The number of nitrogens with one attached hydrogen (secondary N) is 1. The SMILES string of the molecule is Oc1ccc(N2C(=S)NC(c3ccccn3)C2c2cccn2-c2ccncc2)cc1. The lowest BCUT2D eigenvalue weighted by Crippen LogP contribution is -2.30. The van der Waals surface area contributed by atoms with Crippen LogP contribution in [0.25, 0.3) is 5.69 Å². The van der Waals surface area contributed by atoms with E-state index < -0.39 is 0 Å². The molecule has 1 saturated heterocycles. The van der Waals surface area contributed by atoms with Crippen molar-refractivity contribution in [3.8, 4) is 11.4 Å². The lowest BCUT2D eigenvalue weighted by molar-refractivity contribution is 0.475. The van der Waals surface area contributed by atoms with Gasteiger partial charge in [-0.15, -0.1) is 0 Å². The first kappa shape index (κ1) is 18.3. The number of aromatic nitrogens is 3. The minimum atomic E-state index is -0.139. The zero-order valence-corrected chi connectivity index (χ0v) is 16.8. The van der Waals surface area contributed by atoms with Crippen LogP contribution in [0.5, 0.6) is 5.75 Å². The number of thiocarbonyl (C=S) groups is 1. The number of phenolic OH excluding ortho intramolecular Hbond substituents is 1. The van der Waals surface area contributed by atoms with Crippen molar-refractivity contribution in [2.24, 2.45) is 0 Å². The maximum atomic E-state index is 9.75. The van der Waals surface area contributed by atoms with E-state index in [4.69, 9.17) is 12.2 Å². The molecule has 2 unspecified atom stereocenters. The molecule has 2 atom stereocenters. The quantitative estimate of drug-likeness (QED) is 0.490. The maximum absolute atomic E-state index is 9.75. The molecule has 2 N–H and O–H groups in total. The summed E-state index contributed by atoms with van der Waals surface area (Å²) in [6.45, 7) is 0. The van der Waals surface area contributed by atoms with Gasteiger partial charge in [0.15, 0.2) is 5.11 Å². The number of anilines is 1. The molecule has 0 spiro atoms. The third-order valence-electron chi connectivity index (χ3n) is 5.25. The summed E-state index contributed by atoms with van der Waals surface area (Å²) < 4.78 is 2.14. The Morgan fingerprint density at radius 3 is 2.40 bits per heavy atom. The molecule has 3 aromatic heterocycles. The lowest BCUT2D eigenvalue weighted by atomic mass is 10.0. The molecule has 0 saturated carbocycles. The minimum Gasteiger partial charge on any atom is -0.508 e. The molecule has 5 rings (SSSR count). The van der Waals surface area contributed by atoms with Crippen LogP contribution in [0.2, 0.25) is 0 Å². The summed E-state index contributed by atoms with van der Waals surface area (Å²) in [5.74, 6) is 0.217. The molecule has 6 nitrogen and oxygen atoms in total. The summed E-state index contributed by atoms with van der Waals surface area (Å²) in [7, 11) is 0. The normalized spacial score (nSPS) is 18.4. The van der Waals surface area contributed by atoms with Crippen LogP contribution in [0.15, 0.2) is 91.5 Å². The number of nitrogens with zero attached hydrogens (tertiary/aromatic N) is 4. The van der Waals surface area contributed by atoms with Crippen molar-refractivity contribution in [3.05, 3.63) is 103 Å². The summed E-state index contributed by atoms with van der Waals surface area (Å²) in [6, 6.07) is 20.8. The van der Waals surface area contributed by atoms with Gasteiger partial charge in [-0.3, -0.25) is 9.97 Å². The van der Waals surface area contributed by atoms with E-state index in [-0.39, 0.29) is 17.8 Å². The van der Waals surface area contributed by atoms with E-state index in [0.29, 0.717) is 5.11 Å². The Morgan fingerprint density at radius 2 is 1.67 bits per heavy atom. The Hall–Kier alpha value is -3.71. The number of hydrogen-bond donors (Lipinski definition) is 2. The van der Waals surface area contributed by atoms with Gasteiger partial charge in [-0.2, -0.15) is 0 Å². The van der Waals surface area contributed by atoms with E-state index in [1.54, 1.807) is 30.7 Å². The van der Waals surface area contributed by atoms with Crippen molar-refractivity contribution in [1.82, 2.24) is 19.9 Å². The van der Waals surface area contributed by atoms with Gasteiger partial charge >= 0.3 is 0 Å². The largest absolute Gasteiger partial charge is 0.508 e. The minimum absolute atomic E-state index is 0.136. The van der Waals surface area contributed by atoms with Crippen LogP contribution < -0.4 is 10.2 Å². The highest BCUT2D eigenvalue weighted by molar-refractivity contribution is 7.80. The summed E-state index contributed by atoms with van der Waals surface area (Å²) in [6.07, 6.45) is 7.40. The van der Waals surface area contributed by atoms with Crippen LogP contribution in [0.3, 0.4) is 0 Å². The first-order valence-corrected chi connectivity index (χ1v) is 10.0. The molecule has 0 bridgehead atoms. The van der Waals surface area contributed by atoms with Crippen molar-refractivity contribution in [2.45, 2.75) is 12.1 Å². The second-order valence-corrected chi connectivity index (χ2v) is 7.41. The number of hydrogen-bond acceptors (Lipinski definition) is 4. The highest BCUT2D eigenvalue weighted by atomic mass is 32.1. The van der Waals surface area contributed by atoms with E-state index >= 15 is 0 Å². The molecule has 1 aliphatic rings. The zero-order chi connectivity index (χ0) is 20.5. The van der Waals surface area contributed by atoms with E-state index in [1.807, 2.05) is 54.7 Å². The molecule has 1 aliphatic heterocycles. The predicted molar refractivity (Wildman–Crippen MR) is 120 cm³/mol. The number of rotatable bonds is 4. The van der Waals surface area contributed by atoms with Crippen molar-refractivity contribution < 1.29 is 5.11 Å². The van der Waals surface area contributed by atoms with Gasteiger partial charge in [-0.05, 0) is 72.9 Å². The van der Waals surface area contributed by atoms with Crippen molar-refractivity contribution >= 4 is 23.0 Å². The van der Waals surface area contributed by atoms with Crippen LogP contribution in [0.4, 0.5) is 5.69 Å². The highest BCUT2D eigenvalue weighted by Gasteiger charge is 2.42. The topological polar surface area (TPSA) is 66.2 Å². The van der Waals surface area contributed by atoms with Crippen LogP contribution in [-0.2, 0) is 0 Å². The van der Waals surface area contributed by atoms with Crippen molar-refractivity contribution in [1.29, 1.82) is 0 Å². The van der Waals surface area contributed by atoms with Gasteiger partial charge in [0.05, 0.1) is 11.7 Å². The molecule has 1 aromatic carbocycles. The smallest absolute Gasteiger partial charge is 0.174 e. The Bertz CT molecular complexity index is 1160. The monoisotopic (exact) mass is 413 g/mol. The lowest BCUT2D eigenvalue weighted by Gasteiger charge is -2.29. The summed E-state index contributed by atoms with van der Waals surface area (Å²) in [5.41, 5.74) is 3.90. The standard InChI is InChI=1S/C23H19N5OS/c29-18-8-6-17(7-9-18)28-22(21(26-23(28)30)19-4-1-2-12-25-19)20-5-3-15-27(20)16-10-13-24-14-11-16/h1-15,21-22,29H,(H,26,30). The van der Waals surface area contributed by atoms with Gasteiger partial charge in [-0.25, -0.2) is 0 Å². The highest BCUT2D eigenvalue weighted by Crippen LogP contribution is 2.42. The van der Waals surface area contributed by atoms with Crippen molar-refractivity contribution in [2.75, 3.05) is 4.90 Å². The molecular formula is C23H19N5OS. The van der Waals surface area contributed by atoms with E-state index in [1.165, 1.54) is 0 Å². The van der Waals surface area contributed by atoms with E-state index in [2.05, 4.69) is 30.8 Å². The number of benzene rings is 1. The molecule has 0 radical (unpaired) electrons. The molecular weight excluding hydrogens is 394 g/mol. The van der Waals surface area contributed by atoms with Crippen molar-refractivity contribution in [3.63, 3.8) is 0 Å². The van der Waals surface area contributed by atoms with Gasteiger partial charge < -0.3 is 19.9 Å². The van der Waals surface area contributed by atoms with Crippen LogP contribution in [-0.4, -0.2) is 24.8 Å². The van der Waals surface area contributed by atoms with Crippen LogP contribution in [0, 0.1) is 0 Å². The molecule has 0 amide bonds. The maximum Gasteiger partial charge on any atom is 0.174 e. The first-order valence-electron chi connectivity index (χ1n) is 9.60. The summed E-state index contributed by atoms with van der Waals surface area (Å²) in [5, 5.41) is 13.8. The average molecular weight is 414 g/mol. The Balaban J connectivity index is 1.67. The molecule has 1 fully saturated rings.